The highest BCUT2D eigenvalue weighted by Crippen LogP contribution is 2.13. The molecule has 1 N–H and O–H groups in total. The molecule has 1 amide bonds. The lowest BCUT2D eigenvalue weighted by Gasteiger charge is -2.26. The Balaban J connectivity index is 2.57. The Morgan fingerprint density at radius 1 is 1.18 bits per heavy atom. The van der Waals surface area contributed by atoms with Crippen LogP contribution in [0, 0.1) is 0 Å². The lowest BCUT2D eigenvalue weighted by atomic mass is 10.2. The topological polar surface area (TPSA) is 75.7 Å². The van der Waals surface area contributed by atoms with Crippen molar-refractivity contribution >= 4 is 16.3 Å². The van der Waals surface area contributed by atoms with E-state index in [1.165, 1.54) is 4.31 Å². The fourth-order valence-electron chi connectivity index (χ4n) is 1.57. The van der Waals surface area contributed by atoms with E-state index in [1.54, 1.807) is 20.8 Å². The van der Waals surface area contributed by atoms with Gasteiger partial charge in [0.1, 0.15) is 5.60 Å². The van der Waals surface area contributed by atoms with Crippen molar-refractivity contribution < 1.29 is 17.9 Å². The molecule has 1 heterocycles. The maximum Gasteiger partial charge on any atom is 0.422 e. The van der Waals surface area contributed by atoms with E-state index in [4.69, 9.17) is 4.74 Å². The number of carbonyl (C=O) groups is 1. The fraction of sp³-hybridized carbons (Fsp3) is 0.900. The lowest BCUT2D eigenvalue weighted by Crippen LogP contribution is -2.47. The molecule has 6 nitrogen and oxygen atoms in total. The molecular weight excluding hydrogens is 244 g/mol. The van der Waals surface area contributed by atoms with Crippen molar-refractivity contribution in [2.45, 2.75) is 45.6 Å². The van der Waals surface area contributed by atoms with Gasteiger partial charge in [-0.2, -0.15) is 12.7 Å². The van der Waals surface area contributed by atoms with Crippen molar-refractivity contribution in [3.8, 4) is 0 Å². The third kappa shape index (κ3) is 4.91. The molecule has 1 saturated heterocycles. The maximum atomic E-state index is 11.8. The van der Waals surface area contributed by atoms with Gasteiger partial charge < -0.3 is 4.74 Å². The van der Waals surface area contributed by atoms with Crippen LogP contribution >= 0.6 is 0 Å². The van der Waals surface area contributed by atoms with Crippen LogP contribution < -0.4 is 4.72 Å². The number of ether oxygens (including phenoxy) is 1. The first-order valence-electron chi connectivity index (χ1n) is 5.71. The van der Waals surface area contributed by atoms with Crippen molar-refractivity contribution in [3.05, 3.63) is 0 Å². The molecular formula is C10H20N2O4S. The molecule has 0 aromatic heterocycles. The van der Waals surface area contributed by atoms with Crippen molar-refractivity contribution in [1.29, 1.82) is 0 Å². The average molecular weight is 264 g/mol. The lowest BCUT2D eigenvalue weighted by molar-refractivity contribution is 0.0566. The zero-order valence-corrected chi connectivity index (χ0v) is 11.3. The van der Waals surface area contributed by atoms with Gasteiger partial charge in [0.2, 0.25) is 0 Å². The van der Waals surface area contributed by atoms with Crippen LogP contribution in [0.3, 0.4) is 0 Å². The molecule has 1 aliphatic rings. The summed E-state index contributed by atoms with van der Waals surface area (Å²) in [6.45, 7) is 5.95. The zero-order chi connectivity index (χ0) is 13.1. The van der Waals surface area contributed by atoms with E-state index in [2.05, 4.69) is 0 Å². The monoisotopic (exact) mass is 264 g/mol. The number of hydrogen-bond donors (Lipinski definition) is 1. The molecule has 0 unspecified atom stereocenters. The van der Waals surface area contributed by atoms with E-state index >= 15 is 0 Å². The minimum Gasteiger partial charge on any atom is -0.443 e. The minimum atomic E-state index is -3.75. The first kappa shape index (κ1) is 14.2. The Labute approximate surface area is 102 Å². The number of rotatable bonds is 2. The predicted molar refractivity (Wildman–Crippen MR) is 63.7 cm³/mol. The highest BCUT2D eigenvalue weighted by atomic mass is 32.2. The molecule has 0 aliphatic carbocycles. The molecule has 17 heavy (non-hydrogen) atoms. The average Bonchev–Trinajstić information content (AvgIpc) is 2.15. The second kappa shape index (κ2) is 5.22. The molecule has 1 aliphatic heterocycles. The quantitative estimate of drug-likeness (QED) is 0.814. The number of nitrogens with zero attached hydrogens (tertiary/aromatic N) is 1. The van der Waals surface area contributed by atoms with E-state index in [0.717, 1.165) is 19.3 Å². The van der Waals surface area contributed by atoms with Gasteiger partial charge in [0.25, 0.3) is 0 Å². The Kier molecular flexibility index (Phi) is 4.37. The second-order valence-corrected chi connectivity index (χ2v) is 6.74. The van der Waals surface area contributed by atoms with Gasteiger partial charge in [-0.15, -0.1) is 0 Å². The second-order valence-electron chi connectivity index (χ2n) is 5.07. The Hall–Kier alpha value is -0.820. The molecule has 0 radical (unpaired) electrons. The van der Waals surface area contributed by atoms with Gasteiger partial charge in [-0.1, -0.05) is 6.42 Å². The van der Waals surface area contributed by atoms with Crippen LogP contribution in [0.2, 0.25) is 0 Å². The van der Waals surface area contributed by atoms with E-state index in [0.29, 0.717) is 13.1 Å². The smallest absolute Gasteiger partial charge is 0.422 e. The van der Waals surface area contributed by atoms with Crippen LogP contribution in [0.25, 0.3) is 0 Å². The Morgan fingerprint density at radius 2 is 1.71 bits per heavy atom. The molecule has 0 aromatic rings. The van der Waals surface area contributed by atoms with Gasteiger partial charge in [-0.25, -0.2) is 9.52 Å². The SMILES string of the molecule is CC(C)(C)OC(=O)NS(=O)(=O)N1CCCCC1. The van der Waals surface area contributed by atoms with Crippen molar-refractivity contribution in [3.63, 3.8) is 0 Å². The highest BCUT2D eigenvalue weighted by molar-refractivity contribution is 7.87. The third-order valence-electron chi connectivity index (χ3n) is 2.27. The van der Waals surface area contributed by atoms with Gasteiger partial charge in [0.05, 0.1) is 0 Å². The van der Waals surface area contributed by atoms with Crippen LogP contribution in [-0.4, -0.2) is 37.5 Å². The van der Waals surface area contributed by atoms with Crippen LogP contribution in [0.1, 0.15) is 40.0 Å². The van der Waals surface area contributed by atoms with Crippen LogP contribution in [-0.2, 0) is 14.9 Å². The number of carbonyl (C=O) groups excluding carboxylic acids is 1. The van der Waals surface area contributed by atoms with E-state index in [-0.39, 0.29) is 0 Å². The zero-order valence-electron chi connectivity index (χ0n) is 10.5. The van der Waals surface area contributed by atoms with Gasteiger partial charge in [-0.3, -0.25) is 0 Å². The van der Waals surface area contributed by atoms with Crippen molar-refractivity contribution in [2.75, 3.05) is 13.1 Å². The largest absolute Gasteiger partial charge is 0.443 e. The fourth-order valence-corrected chi connectivity index (χ4v) is 2.69. The summed E-state index contributed by atoms with van der Waals surface area (Å²) in [7, 11) is -3.75. The molecule has 0 atom stereocenters. The first-order chi connectivity index (χ1) is 7.71. The van der Waals surface area contributed by atoms with E-state index in [1.807, 2.05) is 4.72 Å². The van der Waals surface area contributed by atoms with E-state index < -0.39 is 21.9 Å². The summed E-state index contributed by atoms with van der Waals surface area (Å²) in [4.78, 5) is 11.4. The summed E-state index contributed by atoms with van der Waals surface area (Å²) in [6.07, 6.45) is 1.76. The van der Waals surface area contributed by atoms with Crippen LogP contribution in [0.15, 0.2) is 0 Å². The van der Waals surface area contributed by atoms with Gasteiger partial charge >= 0.3 is 16.3 Å². The summed E-state index contributed by atoms with van der Waals surface area (Å²) in [6, 6.07) is 0. The Bertz CT molecular complexity index is 366. The highest BCUT2D eigenvalue weighted by Gasteiger charge is 2.27. The summed E-state index contributed by atoms with van der Waals surface area (Å²) in [5, 5.41) is 0. The summed E-state index contributed by atoms with van der Waals surface area (Å²) in [5.41, 5.74) is -0.707. The molecule has 0 spiro atoms. The number of hydrogen-bond acceptors (Lipinski definition) is 4. The molecule has 7 heteroatoms. The first-order valence-corrected chi connectivity index (χ1v) is 7.15. The molecule has 100 valence electrons. The minimum absolute atomic E-state index is 0.456. The van der Waals surface area contributed by atoms with Crippen LogP contribution in [0.4, 0.5) is 4.79 Å². The number of piperidine rings is 1. The molecule has 1 rings (SSSR count). The maximum absolute atomic E-state index is 11.8. The van der Waals surface area contributed by atoms with Crippen LogP contribution in [0.5, 0.6) is 0 Å². The number of amides is 1. The third-order valence-corrected chi connectivity index (χ3v) is 3.74. The van der Waals surface area contributed by atoms with E-state index in [9.17, 15) is 13.2 Å². The summed E-state index contributed by atoms with van der Waals surface area (Å²) in [5.74, 6) is 0. The Morgan fingerprint density at radius 3 is 2.18 bits per heavy atom. The molecule has 0 aromatic carbocycles. The molecule has 0 saturated carbocycles. The van der Waals surface area contributed by atoms with Gasteiger partial charge in [0, 0.05) is 13.1 Å². The van der Waals surface area contributed by atoms with Crippen molar-refractivity contribution in [1.82, 2.24) is 9.03 Å². The predicted octanol–water partition coefficient (Wildman–Crippen LogP) is 1.24. The van der Waals surface area contributed by atoms with Crippen molar-refractivity contribution in [2.24, 2.45) is 0 Å². The normalized spacial score (nSPS) is 18.8. The molecule has 1 fully saturated rings. The van der Waals surface area contributed by atoms with Gasteiger partial charge in [0.15, 0.2) is 0 Å². The number of nitrogens with one attached hydrogen (secondary N) is 1. The van der Waals surface area contributed by atoms with Gasteiger partial charge in [-0.05, 0) is 33.6 Å². The summed E-state index contributed by atoms with van der Waals surface area (Å²) >= 11 is 0. The standard InChI is InChI=1S/C10H20N2O4S/c1-10(2,3)16-9(13)11-17(14,15)12-7-5-4-6-8-12/h4-8H2,1-3H3,(H,11,13). The summed E-state index contributed by atoms with van der Waals surface area (Å²) < 4.78 is 31.7. The molecule has 0 bridgehead atoms.